The summed E-state index contributed by atoms with van der Waals surface area (Å²) in [6.07, 6.45) is 1.18. The van der Waals surface area contributed by atoms with Crippen molar-refractivity contribution < 1.29 is 14.4 Å². The van der Waals surface area contributed by atoms with E-state index in [0.717, 1.165) is 11.1 Å². The minimum Gasteiger partial charge on any atom is -0.329 e. The van der Waals surface area contributed by atoms with Gasteiger partial charge in [-0.05, 0) is 31.1 Å². The lowest BCUT2D eigenvalue weighted by molar-refractivity contribution is -0.124. The average molecular weight is 435 g/mol. The molecule has 2 saturated heterocycles. The number of likely N-dealkylation sites (N-methyl/N-ethyl adjacent to an activating group) is 2. The number of amides is 5. The number of imide groups is 1. The molecule has 0 radical (unpaired) electrons. The molecule has 4 atom stereocenters. The number of hydrogen-bond donors (Lipinski definition) is 1. The smallest absolute Gasteiger partial charge is 0.327 e. The Bertz CT molecular complexity index is 979. The number of hydrogen-bond acceptors (Lipinski definition) is 3. The maximum atomic E-state index is 12.1. The summed E-state index contributed by atoms with van der Waals surface area (Å²) >= 11 is 0. The second-order valence-electron chi connectivity index (χ2n) is 8.09. The molecule has 0 aliphatic carbocycles. The van der Waals surface area contributed by atoms with Crippen LogP contribution in [0.4, 0.5) is 9.59 Å². The van der Waals surface area contributed by atoms with Crippen molar-refractivity contribution in [3.05, 3.63) is 84.4 Å². The Labute approximate surface area is 189 Å². The lowest BCUT2D eigenvalue weighted by atomic mass is 10.0. The van der Waals surface area contributed by atoms with Gasteiger partial charge in [0.1, 0.15) is 0 Å². The highest BCUT2D eigenvalue weighted by Gasteiger charge is 2.44. The van der Waals surface area contributed by atoms with Crippen LogP contribution in [0.5, 0.6) is 0 Å². The molecule has 2 aliphatic rings. The normalized spacial score (nSPS) is 24.7. The van der Waals surface area contributed by atoms with Gasteiger partial charge in [-0.25, -0.2) is 9.59 Å². The van der Waals surface area contributed by atoms with Gasteiger partial charge in [-0.2, -0.15) is 0 Å². The number of urea groups is 2. The third kappa shape index (κ3) is 4.37. The van der Waals surface area contributed by atoms with Crippen molar-refractivity contribution in [2.75, 3.05) is 14.1 Å². The van der Waals surface area contributed by atoms with Gasteiger partial charge >= 0.3 is 12.1 Å². The Morgan fingerprint density at radius 3 is 1.88 bits per heavy atom. The molecule has 0 bridgehead atoms. The fraction of sp³-hybridized carbons (Fsp3) is 0.320. The van der Waals surface area contributed by atoms with Gasteiger partial charge in [-0.1, -0.05) is 67.2 Å². The summed E-state index contributed by atoms with van der Waals surface area (Å²) in [5, 5.41) is 2.96. The molecule has 0 saturated carbocycles. The number of carbonyl (C=O) groups is 3. The molecule has 4 rings (SSSR count). The first-order valence-electron chi connectivity index (χ1n) is 10.6. The summed E-state index contributed by atoms with van der Waals surface area (Å²) in [5.41, 5.74) is 2.12. The Balaban J connectivity index is 0.000000186. The molecule has 32 heavy (non-hydrogen) atoms. The molecule has 0 spiro atoms. The zero-order valence-corrected chi connectivity index (χ0v) is 18.9. The highest BCUT2D eigenvalue weighted by atomic mass is 16.2. The number of carbonyl (C=O) groups excluding carboxylic acids is 3. The molecule has 168 valence electrons. The van der Waals surface area contributed by atoms with Crippen LogP contribution >= 0.6 is 0 Å². The van der Waals surface area contributed by atoms with E-state index in [9.17, 15) is 14.4 Å². The minimum atomic E-state index is -0.356. The molecule has 2 aromatic rings. The van der Waals surface area contributed by atoms with Gasteiger partial charge in [0, 0.05) is 14.1 Å². The molecular formula is C25H30N4O3. The molecule has 2 heterocycles. The second-order valence-corrected chi connectivity index (χ2v) is 8.09. The highest BCUT2D eigenvalue weighted by molar-refractivity contribution is 6.01. The van der Waals surface area contributed by atoms with Crippen LogP contribution in [0.3, 0.4) is 0 Å². The van der Waals surface area contributed by atoms with E-state index in [1.165, 1.54) is 11.0 Å². The van der Waals surface area contributed by atoms with Gasteiger partial charge < -0.3 is 15.1 Å². The largest absolute Gasteiger partial charge is 0.329 e. The third-order valence-corrected chi connectivity index (χ3v) is 6.26. The van der Waals surface area contributed by atoms with Crippen molar-refractivity contribution in [2.45, 2.75) is 38.0 Å². The van der Waals surface area contributed by atoms with E-state index in [0.29, 0.717) is 0 Å². The average Bonchev–Trinajstić information content (AvgIpc) is 3.22. The zero-order valence-electron chi connectivity index (χ0n) is 18.9. The first-order chi connectivity index (χ1) is 15.3. The number of benzene rings is 2. The molecule has 7 heteroatoms. The maximum absolute atomic E-state index is 12.1. The van der Waals surface area contributed by atoms with Gasteiger partial charge in [-0.3, -0.25) is 9.69 Å². The van der Waals surface area contributed by atoms with E-state index in [1.54, 1.807) is 16.8 Å². The second kappa shape index (κ2) is 9.68. The highest BCUT2D eigenvalue weighted by Crippen LogP contribution is 2.34. The molecule has 2 fully saturated rings. The fourth-order valence-corrected chi connectivity index (χ4v) is 4.08. The number of nitrogens with one attached hydrogen (secondary N) is 1. The Morgan fingerprint density at radius 2 is 1.41 bits per heavy atom. The van der Waals surface area contributed by atoms with Crippen LogP contribution in [0.25, 0.3) is 0 Å². The molecule has 2 aromatic carbocycles. The summed E-state index contributed by atoms with van der Waals surface area (Å²) in [7, 11) is 3.53. The van der Waals surface area contributed by atoms with Crippen LogP contribution in [0.15, 0.2) is 73.3 Å². The van der Waals surface area contributed by atoms with Gasteiger partial charge in [0.15, 0.2) is 0 Å². The lowest BCUT2D eigenvalue weighted by Gasteiger charge is -2.23. The van der Waals surface area contributed by atoms with E-state index < -0.39 is 0 Å². The molecule has 0 aromatic heterocycles. The Morgan fingerprint density at radius 1 is 0.875 bits per heavy atom. The molecule has 7 nitrogen and oxygen atoms in total. The predicted molar refractivity (Wildman–Crippen MR) is 124 cm³/mol. The summed E-state index contributed by atoms with van der Waals surface area (Å²) < 4.78 is 0. The van der Waals surface area contributed by atoms with Crippen LogP contribution in [-0.4, -0.2) is 58.8 Å². The summed E-state index contributed by atoms with van der Waals surface area (Å²) in [5.74, 6) is -0.356. The van der Waals surface area contributed by atoms with Crippen LogP contribution < -0.4 is 5.32 Å². The fourth-order valence-electron chi connectivity index (χ4n) is 4.08. The van der Waals surface area contributed by atoms with Crippen molar-refractivity contribution in [1.82, 2.24) is 20.0 Å². The Kier molecular flexibility index (Phi) is 6.98. The molecule has 2 aliphatic heterocycles. The van der Waals surface area contributed by atoms with Crippen molar-refractivity contribution >= 4 is 18.0 Å². The predicted octanol–water partition coefficient (Wildman–Crippen LogP) is 3.97. The molecule has 5 amide bonds. The Hall–Kier alpha value is -3.61. The minimum absolute atomic E-state index is 0.00588. The van der Waals surface area contributed by atoms with Gasteiger partial charge in [0.2, 0.25) is 0 Å². The first kappa shape index (κ1) is 23.1. The molecule has 0 unspecified atom stereocenters. The van der Waals surface area contributed by atoms with Gasteiger partial charge in [0.25, 0.3) is 5.91 Å². The van der Waals surface area contributed by atoms with Crippen molar-refractivity contribution in [1.29, 1.82) is 0 Å². The quantitative estimate of drug-likeness (QED) is 0.743. The van der Waals surface area contributed by atoms with Crippen molar-refractivity contribution in [2.24, 2.45) is 0 Å². The SMILES string of the molecule is C=CC(=O)N1C(=O)N(C)[C@@H](C)[C@H]1c1ccccc1.C[C@H]1[C@@H](c2ccccc2)NC(=O)N1C. The monoisotopic (exact) mass is 434 g/mol. The van der Waals surface area contributed by atoms with Crippen molar-refractivity contribution in [3.8, 4) is 0 Å². The lowest BCUT2D eigenvalue weighted by Crippen LogP contribution is -2.35. The van der Waals surface area contributed by atoms with E-state index in [2.05, 4.69) is 18.8 Å². The maximum Gasteiger partial charge on any atom is 0.327 e. The zero-order chi connectivity index (χ0) is 23.4. The van der Waals surface area contributed by atoms with Gasteiger partial charge in [-0.15, -0.1) is 0 Å². The van der Waals surface area contributed by atoms with Gasteiger partial charge in [0.05, 0.1) is 24.2 Å². The summed E-state index contributed by atoms with van der Waals surface area (Å²) in [6.45, 7) is 7.44. The van der Waals surface area contributed by atoms with E-state index in [1.807, 2.05) is 74.6 Å². The van der Waals surface area contributed by atoms with Crippen LogP contribution in [0, 0.1) is 0 Å². The topological polar surface area (TPSA) is 73.0 Å². The third-order valence-electron chi connectivity index (χ3n) is 6.26. The first-order valence-corrected chi connectivity index (χ1v) is 10.6. The molecule has 1 N–H and O–H groups in total. The van der Waals surface area contributed by atoms with E-state index >= 15 is 0 Å². The standard InChI is InChI=1S/C14H16N2O2.C11H14N2O/c1-4-12(17)16-13(10(2)15(3)14(16)18)11-8-6-5-7-9-11;1-8-10(12-11(14)13(8)2)9-6-4-3-5-7-9/h4-10,13H,1H2,2-3H3;3-8,10H,1-2H3,(H,12,14)/t10-,13-;8-,10-/m00/s1. The molecular weight excluding hydrogens is 404 g/mol. The van der Waals surface area contributed by atoms with E-state index in [4.69, 9.17) is 0 Å². The number of rotatable bonds is 3. The van der Waals surface area contributed by atoms with Crippen LogP contribution in [-0.2, 0) is 4.79 Å². The van der Waals surface area contributed by atoms with Crippen LogP contribution in [0.1, 0.15) is 37.1 Å². The van der Waals surface area contributed by atoms with Crippen LogP contribution in [0.2, 0.25) is 0 Å². The summed E-state index contributed by atoms with van der Waals surface area (Å²) in [4.78, 5) is 39.9. The van der Waals surface area contributed by atoms with E-state index in [-0.39, 0.29) is 42.1 Å². The number of nitrogens with zero attached hydrogens (tertiary/aromatic N) is 3. The summed E-state index contributed by atoms with van der Waals surface area (Å²) in [6, 6.07) is 19.4. The van der Waals surface area contributed by atoms with Crippen molar-refractivity contribution in [3.63, 3.8) is 0 Å².